The minimum atomic E-state index is -7.47. The van der Waals surface area contributed by atoms with Gasteiger partial charge in [0.25, 0.3) is 0 Å². The molecule has 0 nitrogen and oxygen atoms in total. The molecule has 0 aliphatic heterocycles. The first-order valence-corrected chi connectivity index (χ1v) is 18.7. The van der Waals surface area contributed by atoms with Gasteiger partial charge in [-0.25, -0.2) is 0 Å². The van der Waals surface area contributed by atoms with E-state index in [-0.39, 0.29) is 0 Å². The number of rotatable bonds is 0. The van der Waals surface area contributed by atoms with Crippen LogP contribution in [0.5, 0.6) is 0 Å². The van der Waals surface area contributed by atoms with Crippen LogP contribution in [-0.4, -0.2) is 0 Å². The van der Waals surface area contributed by atoms with Crippen LogP contribution < -0.4 is 0 Å². The second kappa shape index (κ2) is 1.15. The second-order valence-corrected chi connectivity index (χ2v) is 74.2. The maximum atomic E-state index is 5.08. The number of hydrogen-bond donors (Lipinski definition) is 0. The van der Waals surface area contributed by atoms with Crippen LogP contribution in [0.3, 0.4) is 0 Å². The molecule has 0 saturated heterocycles. The molecule has 9 heteroatoms. The Balaban J connectivity index is 5.84. The van der Waals surface area contributed by atoms with Crippen LogP contribution in [0.4, 0.5) is 0 Å². The topological polar surface area (TPSA) is 0 Å². The van der Waals surface area contributed by atoms with Crippen molar-refractivity contribution in [3.63, 3.8) is 0 Å². The first-order valence-electron chi connectivity index (χ1n) is 1.51. The fourth-order valence-electron chi connectivity index (χ4n) is 0. The summed E-state index contributed by atoms with van der Waals surface area (Å²) in [6.07, 6.45) is 0. The molecule has 0 amide bonds. The zero-order valence-electron chi connectivity index (χ0n) is 3.52. The Morgan fingerprint density at radius 3 is 0.444 bits per heavy atom. The SMILES string of the molecule is [Cl][Ti]([Cl])([Cl])([Cl])([Cl])([Cl])([Cl])[Cl]. The monoisotopic (exact) mass is 328 g/mol. The first kappa shape index (κ1) is 12.0. The molecule has 0 aliphatic rings. The van der Waals surface area contributed by atoms with Gasteiger partial charge in [0.05, 0.1) is 0 Å². The van der Waals surface area contributed by atoms with Crippen LogP contribution in [0.25, 0.3) is 0 Å². The Morgan fingerprint density at radius 2 is 0.444 bits per heavy atom. The van der Waals surface area contributed by atoms with E-state index in [9.17, 15) is 0 Å². The Hall–Kier alpha value is 3.03. The molecule has 0 N–H and O–H groups in total. The van der Waals surface area contributed by atoms with Gasteiger partial charge in [0.1, 0.15) is 0 Å². The van der Waals surface area contributed by atoms with Gasteiger partial charge in [-0.05, 0) is 0 Å². The minimum absolute atomic E-state index is 5.08. The van der Waals surface area contributed by atoms with Crippen LogP contribution in [-0.2, 0) is 2.97 Å². The maximum absolute atomic E-state index is 7.47. The summed E-state index contributed by atoms with van der Waals surface area (Å²) in [6.45, 7) is 0. The summed E-state index contributed by atoms with van der Waals surface area (Å²) in [5.41, 5.74) is 0. The van der Waals surface area contributed by atoms with Gasteiger partial charge < -0.3 is 0 Å². The molecule has 0 rings (SSSR count). The van der Waals surface area contributed by atoms with Gasteiger partial charge in [0.15, 0.2) is 0 Å². The average molecular weight is 331 g/mol. The van der Waals surface area contributed by atoms with Crippen molar-refractivity contribution < 1.29 is 2.97 Å². The van der Waals surface area contributed by atoms with E-state index in [4.69, 9.17) is 74.4 Å². The molecule has 0 bridgehead atoms. The third-order valence-electron chi connectivity index (χ3n) is 0. The first-order chi connectivity index (χ1) is 2.83. The predicted molar refractivity (Wildman–Crippen MR) is 46.8 cm³/mol. The van der Waals surface area contributed by atoms with Crippen LogP contribution in [0.1, 0.15) is 0 Å². The van der Waals surface area contributed by atoms with Crippen molar-refractivity contribution in [2.45, 2.75) is 0 Å². The molecule has 0 spiro atoms. The van der Waals surface area contributed by atoms with Crippen molar-refractivity contribution in [1.82, 2.24) is 0 Å². The van der Waals surface area contributed by atoms with Crippen LogP contribution >= 0.6 is 74.4 Å². The van der Waals surface area contributed by atoms with Crippen LogP contribution in [0.2, 0.25) is 0 Å². The summed E-state index contributed by atoms with van der Waals surface area (Å²) >= 11 is 0. The quantitative estimate of drug-likeness (QED) is 0.513. The molecular formula is Cl8Ti. The third-order valence-corrected chi connectivity index (χ3v) is 0. The normalized spacial score (nSPS) is 31.1. The Kier molecular flexibility index (Phi) is 1.54. The van der Waals surface area contributed by atoms with E-state index in [1.54, 1.807) is 0 Å². The summed E-state index contributed by atoms with van der Waals surface area (Å²) < 4.78 is -7.47. The van der Waals surface area contributed by atoms with Crippen molar-refractivity contribution >= 4 is 74.4 Å². The number of hydrogen-bond acceptors (Lipinski definition) is 0. The van der Waals surface area contributed by atoms with Crippen molar-refractivity contribution in [1.29, 1.82) is 0 Å². The van der Waals surface area contributed by atoms with Crippen LogP contribution in [0, 0.1) is 0 Å². The van der Waals surface area contributed by atoms with Crippen molar-refractivity contribution in [3.05, 3.63) is 0 Å². The molecule has 0 aromatic carbocycles. The molecular weight excluding hydrogens is 331 g/mol. The Labute approximate surface area is 76.0 Å². The fraction of sp³-hybridized carbons (Fsp3) is 0. The molecule has 0 aliphatic carbocycles. The van der Waals surface area contributed by atoms with Crippen LogP contribution in [0.15, 0.2) is 0 Å². The molecule has 0 aromatic heterocycles. The summed E-state index contributed by atoms with van der Waals surface area (Å²) in [5, 5.41) is 0. The number of halogens is 8. The molecule has 0 aromatic rings. The van der Waals surface area contributed by atoms with Gasteiger partial charge >= 0.3 is 77.4 Å². The molecule has 0 fully saturated rings. The van der Waals surface area contributed by atoms with E-state index in [1.165, 1.54) is 0 Å². The van der Waals surface area contributed by atoms with E-state index in [1.807, 2.05) is 0 Å². The van der Waals surface area contributed by atoms with E-state index in [2.05, 4.69) is 0 Å². The standard InChI is InChI=1S/8ClH.Ti/h8*1H;/q;;;;;;;;+8/p-8. The van der Waals surface area contributed by atoms with Crippen molar-refractivity contribution in [3.8, 4) is 0 Å². The second-order valence-electron chi connectivity index (χ2n) is 2.00. The molecule has 9 heavy (non-hydrogen) atoms. The average Bonchev–Trinajstić information content (AvgIpc) is 0.503. The fourth-order valence-corrected chi connectivity index (χ4v) is 0. The van der Waals surface area contributed by atoms with Gasteiger partial charge in [0, 0.05) is 0 Å². The van der Waals surface area contributed by atoms with Crippen molar-refractivity contribution in [2.24, 2.45) is 0 Å². The van der Waals surface area contributed by atoms with E-state index < -0.39 is 2.97 Å². The van der Waals surface area contributed by atoms with E-state index in [0.717, 1.165) is 0 Å². The van der Waals surface area contributed by atoms with Crippen molar-refractivity contribution in [2.75, 3.05) is 0 Å². The summed E-state index contributed by atoms with van der Waals surface area (Å²) in [4.78, 5) is 0. The third kappa shape index (κ3) is 97.8. The molecule has 0 saturated carbocycles. The molecule has 0 radical (unpaired) electrons. The van der Waals surface area contributed by atoms with E-state index in [0.29, 0.717) is 0 Å². The van der Waals surface area contributed by atoms with Gasteiger partial charge in [-0.15, -0.1) is 0 Å². The molecule has 0 unspecified atom stereocenters. The van der Waals surface area contributed by atoms with Gasteiger partial charge in [-0.2, -0.15) is 0 Å². The summed E-state index contributed by atoms with van der Waals surface area (Å²) in [7, 11) is 40.6. The summed E-state index contributed by atoms with van der Waals surface area (Å²) in [5.74, 6) is 0. The summed E-state index contributed by atoms with van der Waals surface area (Å²) in [6, 6.07) is 0. The van der Waals surface area contributed by atoms with Gasteiger partial charge in [-0.1, -0.05) is 0 Å². The van der Waals surface area contributed by atoms with E-state index >= 15 is 0 Å². The molecule has 60 valence electrons. The van der Waals surface area contributed by atoms with Gasteiger partial charge in [0.2, 0.25) is 0 Å². The molecule has 0 heterocycles. The Bertz CT molecular complexity index is 139. The zero-order valence-corrected chi connectivity index (χ0v) is 11.1. The molecule has 0 atom stereocenters. The zero-order chi connectivity index (χ0) is 8.35. The van der Waals surface area contributed by atoms with Gasteiger partial charge in [-0.3, -0.25) is 0 Å². The Morgan fingerprint density at radius 1 is 0.444 bits per heavy atom. The predicted octanol–water partition coefficient (Wildman–Crippen LogP) is 5.51.